The topological polar surface area (TPSA) is 78.9 Å². The van der Waals surface area contributed by atoms with Gasteiger partial charge in [0.05, 0.1) is 19.8 Å². The van der Waals surface area contributed by atoms with Crippen LogP contribution in [-0.4, -0.2) is 70.7 Å². The predicted octanol–water partition coefficient (Wildman–Crippen LogP) is 12.3. The molecule has 3 rings (SSSR count). The summed E-state index contributed by atoms with van der Waals surface area (Å²) in [6.07, 6.45) is 16.0. The van der Waals surface area contributed by atoms with Gasteiger partial charge in [-0.1, -0.05) is 114 Å². The molecule has 46 heavy (non-hydrogen) atoms. The molecule has 0 aromatic heterocycles. The highest BCUT2D eigenvalue weighted by Crippen LogP contribution is 2.41. The largest absolute Gasteiger partial charge is 0.469 e. The first kappa shape index (κ1) is 53.3. The van der Waals surface area contributed by atoms with Crippen LogP contribution in [0.25, 0.3) is 0 Å². The Bertz CT molecular complexity index is 698. The Kier molecular flexibility index (Phi) is 42.6. The first-order valence-electron chi connectivity index (χ1n) is 15.6. The van der Waals surface area contributed by atoms with E-state index >= 15 is 0 Å². The van der Waals surface area contributed by atoms with E-state index in [1.807, 2.05) is 85.5 Å². The van der Waals surface area contributed by atoms with Crippen LogP contribution in [0.2, 0.25) is 0 Å². The van der Waals surface area contributed by atoms with Gasteiger partial charge in [-0.2, -0.15) is 0 Å². The van der Waals surface area contributed by atoms with Crippen molar-refractivity contribution in [1.29, 1.82) is 0 Å². The molecule has 0 aliphatic carbocycles. The molecule has 0 bridgehead atoms. The summed E-state index contributed by atoms with van der Waals surface area (Å²) in [5.41, 5.74) is 0. The molecule has 0 aromatic carbocycles. The maximum atomic E-state index is 11.2. The zero-order valence-corrected chi connectivity index (χ0v) is 31.0. The molecule has 12 heteroatoms. The van der Waals surface area contributed by atoms with Crippen molar-refractivity contribution >= 4 is 82.7 Å². The smallest absolute Gasteiger partial charge is 0.306 e. The van der Waals surface area contributed by atoms with E-state index in [2.05, 4.69) is 4.74 Å². The molecule has 0 N–H and O–H groups in total. The van der Waals surface area contributed by atoms with Crippen molar-refractivity contribution in [3.8, 4) is 0 Å². The van der Waals surface area contributed by atoms with Crippen LogP contribution in [0.4, 0.5) is 0 Å². The van der Waals surface area contributed by atoms with Crippen LogP contribution >= 0.6 is 64.8 Å². The van der Waals surface area contributed by atoms with Gasteiger partial charge in [0.25, 0.3) is 0 Å². The Morgan fingerprint density at radius 2 is 0.978 bits per heavy atom. The number of hydrogen-bond acceptors (Lipinski definition) is 12. The van der Waals surface area contributed by atoms with Crippen molar-refractivity contribution in [3.05, 3.63) is 0 Å². The van der Waals surface area contributed by atoms with E-state index in [1.165, 1.54) is 62.9 Å². The lowest BCUT2D eigenvalue weighted by atomic mass is 10.1. The number of methoxy groups -OCH3 is 1. The molecule has 0 radical (unpaired) electrons. The van der Waals surface area contributed by atoms with Gasteiger partial charge in [-0.05, 0) is 78.6 Å². The van der Waals surface area contributed by atoms with E-state index in [4.69, 9.17) is 9.47 Å². The molecule has 3 fully saturated rings. The summed E-state index contributed by atoms with van der Waals surface area (Å²) in [6.45, 7) is 6.15. The number of rotatable bonds is 17. The molecule has 0 unspecified atom stereocenters. The molecular formula is C34H70O6S6. The number of unbranched alkanes of at least 4 members (excludes halogenated alkanes) is 3. The van der Waals surface area contributed by atoms with E-state index in [1.54, 1.807) is 0 Å². The van der Waals surface area contributed by atoms with Gasteiger partial charge in [0.15, 0.2) is 0 Å². The van der Waals surface area contributed by atoms with Gasteiger partial charge in [0.2, 0.25) is 0 Å². The maximum absolute atomic E-state index is 11.2. The first-order chi connectivity index (χ1) is 20.3. The Morgan fingerprint density at radius 1 is 0.609 bits per heavy atom. The number of esters is 3. The Labute approximate surface area is 309 Å². The second-order valence-electron chi connectivity index (χ2n) is 10.6. The highest BCUT2D eigenvalue weighted by molar-refractivity contribution is 8.78. The molecule has 3 atom stereocenters. The van der Waals surface area contributed by atoms with Gasteiger partial charge in [-0.25, -0.2) is 0 Å². The second-order valence-corrected chi connectivity index (χ2v) is 19.0. The van der Waals surface area contributed by atoms with Crippen LogP contribution in [0.1, 0.15) is 147 Å². The molecule has 278 valence electrons. The number of ether oxygens (including phenoxy) is 3. The minimum atomic E-state index is -0.0755. The second kappa shape index (κ2) is 36.8. The van der Waals surface area contributed by atoms with Gasteiger partial charge < -0.3 is 14.2 Å². The van der Waals surface area contributed by atoms with Crippen molar-refractivity contribution < 1.29 is 28.6 Å². The number of carbonyl (C=O) groups excluding carboxylic acids is 3. The SMILES string of the molecule is C.C.C.C.CC(C)OC(=O)CCCC[C@@H]1CCSS1.CCOC(=O)CCCC[C@@H]1CCSS1.COC(=O)CCCC[C@@H]1CCSS1. The molecule has 3 heterocycles. The summed E-state index contributed by atoms with van der Waals surface area (Å²) in [5.74, 6) is 3.73. The average molecular weight is 767 g/mol. The van der Waals surface area contributed by atoms with Crippen LogP contribution < -0.4 is 0 Å². The summed E-state index contributed by atoms with van der Waals surface area (Å²) >= 11 is 0. The van der Waals surface area contributed by atoms with Gasteiger partial charge in [0, 0.05) is 52.3 Å². The molecular weight excluding hydrogens is 697 g/mol. The number of hydrogen-bond donors (Lipinski definition) is 0. The number of carbonyl (C=O) groups is 3. The van der Waals surface area contributed by atoms with Crippen LogP contribution in [0, 0.1) is 0 Å². The van der Waals surface area contributed by atoms with Crippen molar-refractivity contribution in [2.24, 2.45) is 0 Å². The summed E-state index contributed by atoms with van der Waals surface area (Å²) in [7, 11) is 13.4. The fraction of sp³-hybridized carbons (Fsp3) is 0.912. The van der Waals surface area contributed by atoms with E-state index in [0.29, 0.717) is 25.9 Å². The third-order valence-electron chi connectivity index (χ3n) is 6.55. The van der Waals surface area contributed by atoms with Gasteiger partial charge in [-0.15, -0.1) is 0 Å². The van der Waals surface area contributed by atoms with Crippen LogP contribution in [0.15, 0.2) is 0 Å². The zero-order chi connectivity index (χ0) is 30.8. The molecule has 0 spiro atoms. The van der Waals surface area contributed by atoms with E-state index in [0.717, 1.165) is 54.3 Å². The quantitative estimate of drug-likeness (QED) is 0.0612. The van der Waals surface area contributed by atoms with E-state index in [-0.39, 0.29) is 53.7 Å². The summed E-state index contributed by atoms with van der Waals surface area (Å²) in [4.78, 5) is 33.0. The molecule has 0 saturated carbocycles. The summed E-state index contributed by atoms with van der Waals surface area (Å²) in [5, 5.41) is 2.50. The van der Waals surface area contributed by atoms with Crippen LogP contribution in [0.5, 0.6) is 0 Å². The first-order valence-corrected chi connectivity index (χ1v) is 22.7. The highest BCUT2D eigenvalue weighted by Gasteiger charge is 2.17. The Balaban J connectivity index is -0.000000276. The maximum Gasteiger partial charge on any atom is 0.306 e. The lowest BCUT2D eigenvalue weighted by Crippen LogP contribution is -2.11. The lowest BCUT2D eigenvalue weighted by molar-refractivity contribution is -0.147. The molecule has 6 nitrogen and oxygen atoms in total. The zero-order valence-electron chi connectivity index (χ0n) is 26.1. The Hall–Kier alpha value is 0.510. The van der Waals surface area contributed by atoms with E-state index < -0.39 is 0 Å². The molecule has 0 aromatic rings. The summed E-state index contributed by atoms with van der Waals surface area (Å²) < 4.78 is 14.5. The van der Waals surface area contributed by atoms with Crippen molar-refractivity contribution in [3.63, 3.8) is 0 Å². The van der Waals surface area contributed by atoms with Crippen LogP contribution in [-0.2, 0) is 28.6 Å². The van der Waals surface area contributed by atoms with E-state index in [9.17, 15) is 14.4 Å². The monoisotopic (exact) mass is 766 g/mol. The molecule has 0 amide bonds. The normalized spacial score (nSPS) is 19.4. The molecule has 3 aliphatic rings. The minimum Gasteiger partial charge on any atom is -0.469 e. The van der Waals surface area contributed by atoms with Gasteiger partial charge in [0.1, 0.15) is 0 Å². The Morgan fingerprint density at radius 3 is 1.28 bits per heavy atom. The third kappa shape index (κ3) is 31.8. The van der Waals surface area contributed by atoms with Crippen molar-refractivity contribution in [1.82, 2.24) is 0 Å². The average Bonchev–Trinajstić information content (AvgIpc) is 3.77. The van der Waals surface area contributed by atoms with Gasteiger partial charge >= 0.3 is 17.9 Å². The standard InChI is InChI=1S/C11H20O2S2.C10H18O2S2.C9H16O2S2.4CH4/c1-9(2)13-11(12)6-4-3-5-10-7-8-14-15-10;1-2-12-10(11)6-4-3-5-9-7-8-13-14-9;1-11-9(10)5-3-2-4-8-6-7-12-13-8;;;;/h9-10H,3-8H2,1-2H3;9H,2-8H2,1H3;8H,2-7H2,1H3;4*1H4/t10-;9-;8-;;;;/m111..../s1. The predicted molar refractivity (Wildman–Crippen MR) is 218 cm³/mol. The molecule has 3 saturated heterocycles. The van der Waals surface area contributed by atoms with Gasteiger partial charge in [-0.3, -0.25) is 14.4 Å². The van der Waals surface area contributed by atoms with Crippen molar-refractivity contribution in [2.75, 3.05) is 31.0 Å². The molecule has 3 aliphatic heterocycles. The van der Waals surface area contributed by atoms with Crippen molar-refractivity contribution in [2.45, 2.75) is 169 Å². The third-order valence-corrected chi connectivity index (χ3v) is 15.6. The lowest BCUT2D eigenvalue weighted by Gasteiger charge is -2.08. The fourth-order valence-electron chi connectivity index (χ4n) is 4.27. The highest BCUT2D eigenvalue weighted by atomic mass is 33.1. The van der Waals surface area contributed by atoms with Crippen LogP contribution in [0.3, 0.4) is 0 Å². The minimum absolute atomic E-state index is 0. The summed E-state index contributed by atoms with van der Waals surface area (Å²) in [6, 6.07) is 0. The fourth-order valence-corrected chi connectivity index (χ4v) is 13.4.